The molecule has 1 aromatic heterocycles. The van der Waals surface area contributed by atoms with Crippen molar-refractivity contribution in [3.8, 4) is 11.5 Å². The molecule has 1 fully saturated rings. The van der Waals surface area contributed by atoms with Crippen LogP contribution in [0.25, 0.3) is 0 Å². The predicted molar refractivity (Wildman–Crippen MR) is 95.4 cm³/mol. The smallest absolute Gasteiger partial charge is 0.119 e. The summed E-state index contributed by atoms with van der Waals surface area (Å²) in [6, 6.07) is 12.7. The maximum absolute atomic E-state index is 5.90. The summed E-state index contributed by atoms with van der Waals surface area (Å²) in [6.07, 6.45) is 7.38. The van der Waals surface area contributed by atoms with Gasteiger partial charge in [0, 0.05) is 31.5 Å². The molecule has 0 aliphatic heterocycles. The highest BCUT2D eigenvalue weighted by Gasteiger charge is 2.28. The summed E-state index contributed by atoms with van der Waals surface area (Å²) >= 11 is 0. The van der Waals surface area contributed by atoms with Crippen LogP contribution >= 0.6 is 0 Å². The molecule has 24 heavy (non-hydrogen) atoms. The van der Waals surface area contributed by atoms with E-state index < -0.39 is 0 Å². The second-order valence-electron chi connectivity index (χ2n) is 6.23. The van der Waals surface area contributed by atoms with Gasteiger partial charge in [0.2, 0.25) is 0 Å². The van der Waals surface area contributed by atoms with Crippen LogP contribution in [-0.2, 0) is 6.54 Å². The van der Waals surface area contributed by atoms with Crippen LogP contribution in [0.2, 0.25) is 0 Å². The van der Waals surface area contributed by atoms with Gasteiger partial charge in [0.1, 0.15) is 18.1 Å². The standard InChI is InChI=1S/C20H26N2O2/c1-2-13-23-19-7-9-20(10-8-19)24-14-12-22(18-5-6-18)16-17-4-3-11-21-15-17/h3-4,7-11,15,18H,2,5-6,12-14,16H2,1H3. The van der Waals surface area contributed by atoms with Crippen molar-refractivity contribution in [3.05, 3.63) is 54.4 Å². The molecule has 1 saturated carbocycles. The molecule has 1 aliphatic carbocycles. The Labute approximate surface area is 144 Å². The van der Waals surface area contributed by atoms with Crippen LogP contribution in [0.1, 0.15) is 31.7 Å². The fraction of sp³-hybridized carbons (Fsp3) is 0.450. The Balaban J connectivity index is 1.45. The number of aromatic nitrogens is 1. The predicted octanol–water partition coefficient (Wildman–Crippen LogP) is 3.91. The summed E-state index contributed by atoms with van der Waals surface area (Å²) in [5.41, 5.74) is 1.27. The van der Waals surface area contributed by atoms with E-state index >= 15 is 0 Å². The monoisotopic (exact) mass is 326 g/mol. The highest BCUT2D eigenvalue weighted by molar-refractivity contribution is 5.31. The number of hydrogen-bond donors (Lipinski definition) is 0. The number of hydrogen-bond acceptors (Lipinski definition) is 4. The first kappa shape index (κ1) is 16.8. The lowest BCUT2D eigenvalue weighted by Crippen LogP contribution is -2.30. The molecule has 0 bridgehead atoms. The van der Waals surface area contributed by atoms with Crippen LogP contribution in [0.4, 0.5) is 0 Å². The summed E-state index contributed by atoms with van der Waals surface area (Å²) < 4.78 is 11.5. The van der Waals surface area contributed by atoms with E-state index in [0.29, 0.717) is 12.6 Å². The molecule has 3 rings (SSSR count). The third-order valence-electron chi connectivity index (χ3n) is 4.12. The van der Waals surface area contributed by atoms with Gasteiger partial charge in [0.15, 0.2) is 0 Å². The molecule has 1 heterocycles. The number of rotatable bonds is 10. The molecule has 0 N–H and O–H groups in total. The van der Waals surface area contributed by atoms with Gasteiger partial charge in [0.25, 0.3) is 0 Å². The van der Waals surface area contributed by atoms with Crippen molar-refractivity contribution in [2.24, 2.45) is 0 Å². The van der Waals surface area contributed by atoms with Crippen molar-refractivity contribution in [2.45, 2.75) is 38.8 Å². The second kappa shape index (κ2) is 8.69. The van der Waals surface area contributed by atoms with Gasteiger partial charge in [0.05, 0.1) is 6.61 Å². The molecule has 4 nitrogen and oxygen atoms in total. The van der Waals surface area contributed by atoms with Crippen molar-refractivity contribution in [1.82, 2.24) is 9.88 Å². The van der Waals surface area contributed by atoms with Crippen molar-refractivity contribution >= 4 is 0 Å². The lowest BCUT2D eigenvalue weighted by atomic mass is 10.2. The summed E-state index contributed by atoms with van der Waals surface area (Å²) in [7, 11) is 0. The first-order chi connectivity index (χ1) is 11.8. The average Bonchev–Trinajstić information content (AvgIpc) is 3.46. The molecule has 1 aromatic carbocycles. The van der Waals surface area contributed by atoms with E-state index in [4.69, 9.17) is 9.47 Å². The summed E-state index contributed by atoms with van der Waals surface area (Å²) in [4.78, 5) is 6.70. The van der Waals surface area contributed by atoms with Gasteiger partial charge in [-0.25, -0.2) is 0 Å². The maximum atomic E-state index is 5.90. The van der Waals surface area contributed by atoms with Crippen molar-refractivity contribution in [2.75, 3.05) is 19.8 Å². The number of benzene rings is 1. The van der Waals surface area contributed by atoms with Crippen LogP contribution in [0.5, 0.6) is 11.5 Å². The van der Waals surface area contributed by atoms with Gasteiger partial charge in [-0.3, -0.25) is 9.88 Å². The highest BCUT2D eigenvalue weighted by atomic mass is 16.5. The minimum absolute atomic E-state index is 0.700. The summed E-state index contributed by atoms with van der Waals surface area (Å²) in [6.45, 7) is 5.45. The van der Waals surface area contributed by atoms with Gasteiger partial charge in [-0.05, 0) is 55.2 Å². The van der Waals surface area contributed by atoms with Crippen LogP contribution in [0, 0.1) is 0 Å². The lowest BCUT2D eigenvalue weighted by Gasteiger charge is -2.22. The topological polar surface area (TPSA) is 34.6 Å². The normalized spacial score (nSPS) is 13.9. The van der Waals surface area contributed by atoms with E-state index in [1.54, 1.807) is 0 Å². The van der Waals surface area contributed by atoms with E-state index in [1.807, 2.05) is 42.7 Å². The van der Waals surface area contributed by atoms with Gasteiger partial charge in [-0.15, -0.1) is 0 Å². The Kier molecular flexibility index (Phi) is 6.07. The molecule has 0 amide bonds. The van der Waals surface area contributed by atoms with Crippen LogP contribution in [0.15, 0.2) is 48.8 Å². The molecule has 2 aromatic rings. The summed E-state index contributed by atoms with van der Waals surface area (Å²) in [5, 5.41) is 0. The second-order valence-corrected chi connectivity index (χ2v) is 6.23. The Morgan fingerprint density at radius 1 is 1.04 bits per heavy atom. The Morgan fingerprint density at radius 3 is 2.33 bits per heavy atom. The Morgan fingerprint density at radius 2 is 1.75 bits per heavy atom. The SMILES string of the molecule is CCCOc1ccc(OCCN(Cc2cccnc2)C2CC2)cc1. The van der Waals surface area contributed by atoms with Gasteiger partial charge in [-0.2, -0.15) is 0 Å². The minimum Gasteiger partial charge on any atom is -0.494 e. The molecule has 0 saturated heterocycles. The number of nitrogens with zero attached hydrogens (tertiary/aromatic N) is 2. The molecule has 0 spiro atoms. The molecule has 4 heteroatoms. The van der Waals surface area contributed by atoms with Gasteiger partial charge in [-0.1, -0.05) is 13.0 Å². The van der Waals surface area contributed by atoms with Crippen LogP contribution < -0.4 is 9.47 Å². The Hall–Kier alpha value is -2.07. The maximum Gasteiger partial charge on any atom is 0.119 e. The molecule has 0 unspecified atom stereocenters. The Bertz CT molecular complexity index is 597. The van der Waals surface area contributed by atoms with Crippen LogP contribution in [-0.4, -0.2) is 35.7 Å². The zero-order valence-corrected chi connectivity index (χ0v) is 14.4. The lowest BCUT2D eigenvalue weighted by molar-refractivity contribution is 0.195. The molecule has 1 aliphatic rings. The third-order valence-corrected chi connectivity index (χ3v) is 4.12. The minimum atomic E-state index is 0.700. The average molecular weight is 326 g/mol. The van der Waals surface area contributed by atoms with E-state index in [-0.39, 0.29) is 0 Å². The zero-order chi connectivity index (χ0) is 16.6. The fourth-order valence-electron chi connectivity index (χ4n) is 2.69. The quantitative estimate of drug-likeness (QED) is 0.663. The van der Waals surface area contributed by atoms with E-state index in [2.05, 4.69) is 22.9 Å². The molecule has 0 atom stereocenters. The van der Waals surface area contributed by atoms with Crippen molar-refractivity contribution in [1.29, 1.82) is 0 Å². The van der Waals surface area contributed by atoms with E-state index in [0.717, 1.165) is 37.6 Å². The van der Waals surface area contributed by atoms with Gasteiger partial charge < -0.3 is 9.47 Å². The molecule has 0 radical (unpaired) electrons. The molecular weight excluding hydrogens is 300 g/mol. The zero-order valence-electron chi connectivity index (χ0n) is 14.4. The fourth-order valence-corrected chi connectivity index (χ4v) is 2.69. The third kappa shape index (κ3) is 5.24. The number of pyridine rings is 1. The largest absolute Gasteiger partial charge is 0.494 e. The van der Waals surface area contributed by atoms with Gasteiger partial charge >= 0.3 is 0 Å². The molecule has 128 valence electrons. The van der Waals surface area contributed by atoms with Crippen molar-refractivity contribution in [3.63, 3.8) is 0 Å². The highest BCUT2D eigenvalue weighted by Crippen LogP contribution is 2.28. The van der Waals surface area contributed by atoms with E-state index in [1.165, 1.54) is 18.4 Å². The first-order valence-electron chi connectivity index (χ1n) is 8.84. The van der Waals surface area contributed by atoms with E-state index in [9.17, 15) is 0 Å². The van der Waals surface area contributed by atoms with Crippen LogP contribution in [0.3, 0.4) is 0 Å². The first-order valence-corrected chi connectivity index (χ1v) is 8.84. The number of ether oxygens (including phenoxy) is 2. The summed E-state index contributed by atoms with van der Waals surface area (Å²) in [5.74, 6) is 1.80. The van der Waals surface area contributed by atoms with Crippen molar-refractivity contribution < 1.29 is 9.47 Å². The molecular formula is C20H26N2O2.